The van der Waals surface area contributed by atoms with E-state index in [9.17, 15) is 10.1 Å². The highest BCUT2D eigenvalue weighted by Crippen LogP contribution is 2.36. The Labute approximate surface area is 245 Å². The molecule has 0 amide bonds. The first kappa shape index (κ1) is 22.4. The van der Waals surface area contributed by atoms with Crippen LogP contribution in [0, 0.1) is 11.3 Å². The van der Waals surface area contributed by atoms with E-state index in [1.165, 1.54) is 38.4 Å². The van der Waals surface area contributed by atoms with E-state index in [0.29, 0.717) is 38.6 Å². The lowest BCUT2D eigenvalue weighted by molar-refractivity contribution is -0.114. The van der Waals surface area contributed by atoms with Gasteiger partial charge in [0.05, 0.1) is 36.8 Å². The number of rotatable bonds is 12. The van der Waals surface area contributed by atoms with Crippen molar-refractivity contribution in [3.63, 3.8) is 0 Å². The molecule has 9 heteroatoms. The Morgan fingerprint density at radius 1 is 1.23 bits per heavy atom. The largest absolute Gasteiger partial charge is 0.494 e. The van der Waals surface area contributed by atoms with Crippen LogP contribution in [0.2, 0.25) is 5.02 Å². The Hall–Kier alpha value is -4.45. The summed E-state index contributed by atoms with van der Waals surface area (Å²) < 4.78 is 49.5. The van der Waals surface area contributed by atoms with E-state index in [-0.39, 0.29) is 36.7 Å². The average molecular weight is 561 g/mol. The number of carbonyl (C=O) groups is 1. The van der Waals surface area contributed by atoms with Crippen molar-refractivity contribution in [2.24, 2.45) is 0 Å². The first-order valence-corrected chi connectivity index (χ1v) is 12.7. The lowest BCUT2D eigenvalue weighted by Crippen LogP contribution is -2.11. The topological polar surface area (TPSA) is 100 Å². The third-order valence-corrected chi connectivity index (χ3v) is 6.03. The van der Waals surface area contributed by atoms with Gasteiger partial charge in [-0.3, -0.25) is 14.8 Å². The van der Waals surface area contributed by atoms with Crippen LogP contribution in [0.4, 0.5) is 11.4 Å². The number of nitrogens with one attached hydrogen (secondary N) is 1. The van der Waals surface area contributed by atoms with Gasteiger partial charge in [-0.05, 0) is 63.4 Å². The summed E-state index contributed by atoms with van der Waals surface area (Å²) in [5.41, 5.74) is 2.66. The van der Waals surface area contributed by atoms with E-state index in [0.717, 1.165) is 10.6 Å². The van der Waals surface area contributed by atoms with E-state index >= 15 is 0 Å². The van der Waals surface area contributed by atoms with E-state index in [2.05, 4.69) is 21.4 Å². The van der Waals surface area contributed by atoms with Crippen molar-refractivity contribution in [1.82, 2.24) is 14.9 Å². The number of halogens is 1. The highest BCUT2D eigenvalue weighted by molar-refractivity contribution is 6.32. The first-order chi connectivity index (χ1) is 21.2. The predicted molar refractivity (Wildman–Crippen MR) is 157 cm³/mol. The standard InChI is InChI=1S/C31H30ClN5O3/c1-4-39-30-17-28-26(15-21(30)14-25(38)9-7-13-37(2)3)31(22(18-33)19-35-28)36-23-10-11-29(27(32)16-23)40-20-24-8-5-6-12-34-24/h5-12,15-17,19H,4,13-14,20H2,1-3H3,(H,35,36)/b9-7+/i2D3,4D2. The second-order valence-corrected chi connectivity index (χ2v) is 9.16. The van der Waals surface area contributed by atoms with Crippen LogP contribution in [0.5, 0.6) is 11.5 Å². The summed E-state index contributed by atoms with van der Waals surface area (Å²) in [6.07, 6.45) is 5.60. The molecule has 1 N–H and O–H groups in total. The number of allylic oxidation sites excluding steroid dienone is 1. The Balaban J connectivity index is 1.66. The van der Waals surface area contributed by atoms with Crippen LogP contribution >= 0.6 is 11.6 Å². The number of hydrogen-bond acceptors (Lipinski definition) is 8. The zero-order valence-corrected chi connectivity index (χ0v) is 22.7. The Kier molecular flexibility index (Phi) is 7.59. The van der Waals surface area contributed by atoms with Gasteiger partial charge in [0, 0.05) is 52.2 Å². The number of benzene rings is 2. The molecule has 8 nitrogen and oxygen atoms in total. The number of aromatic nitrogens is 2. The highest BCUT2D eigenvalue weighted by atomic mass is 35.5. The molecule has 0 bridgehead atoms. The molecule has 0 aliphatic rings. The number of fused-ring (bicyclic) bond motifs is 1. The number of ketones is 1. The van der Waals surface area contributed by atoms with Gasteiger partial charge in [0.25, 0.3) is 0 Å². The quantitative estimate of drug-likeness (QED) is 0.207. The summed E-state index contributed by atoms with van der Waals surface area (Å²) in [7, 11) is 1.42. The number of ether oxygens (including phenoxy) is 2. The molecule has 2 aromatic heterocycles. The van der Waals surface area contributed by atoms with Crippen LogP contribution < -0.4 is 14.8 Å². The summed E-state index contributed by atoms with van der Waals surface area (Å²) >= 11 is 6.51. The molecule has 0 aliphatic carbocycles. The molecular weight excluding hydrogens is 526 g/mol. The highest BCUT2D eigenvalue weighted by Gasteiger charge is 2.16. The van der Waals surface area contributed by atoms with E-state index in [1.807, 2.05) is 18.2 Å². The molecule has 0 aliphatic heterocycles. The molecule has 0 spiro atoms. The van der Waals surface area contributed by atoms with Crippen LogP contribution in [-0.4, -0.2) is 47.8 Å². The maximum atomic E-state index is 12.9. The van der Waals surface area contributed by atoms with Gasteiger partial charge in [0.1, 0.15) is 24.2 Å². The maximum Gasteiger partial charge on any atom is 0.159 e. The first-order valence-electron chi connectivity index (χ1n) is 14.8. The summed E-state index contributed by atoms with van der Waals surface area (Å²) in [5.74, 6) is 0.196. The monoisotopic (exact) mass is 560 g/mol. The van der Waals surface area contributed by atoms with Gasteiger partial charge >= 0.3 is 0 Å². The van der Waals surface area contributed by atoms with Crippen molar-refractivity contribution >= 4 is 39.7 Å². The van der Waals surface area contributed by atoms with Crippen LogP contribution in [0.25, 0.3) is 10.9 Å². The minimum Gasteiger partial charge on any atom is -0.494 e. The van der Waals surface area contributed by atoms with Gasteiger partial charge < -0.3 is 19.7 Å². The zero-order valence-electron chi connectivity index (χ0n) is 26.9. The molecule has 0 atom stereocenters. The lowest BCUT2D eigenvalue weighted by atomic mass is 10.0. The van der Waals surface area contributed by atoms with Gasteiger partial charge in [-0.15, -0.1) is 0 Å². The van der Waals surface area contributed by atoms with Crippen molar-refractivity contribution in [1.29, 1.82) is 5.26 Å². The molecule has 4 aromatic rings. The number of carbonyl (C=O) groups excluding carboxylic acids is 1. The van der Waals surface area contributed by atoms with Crippen LogP contribution in [0.1, 0.15) is 30.6 Å². The van der Waals surface area contributed by atoms with Crippen LogP contribution in [0.3, 0.4) is 0 Å². The summed E-state index contributed by atoms with van der Waals surface area (Å²) in [5, 5.41) is 13.9. The van der Waals surface area contributed by atoms with E-state index < -0.39 is 13.5 Å². The van der Waals surface area contributed by atoms with Crippen molar-refractivity contribution in [2.75, 3.05) is 32.4 Å². The average Bonchev–Trinajstić information content (AvgIpc) is 2.96. The Morgan fingerprint density at radius 3 is 2.83 bits per heavy atom. The van der Waals surface area contributed by atoms with Crippen LogP contribution in [0.15, 0.2) is 73.1 Å². The van der Waals surface area contributed by atoms with Crippen molar-refractivity contribution in [3.8, 4) is 17.6 Å². The number of likely N-dealkylation sites (N-methyl/N-ethyl adjacent to an activating group) is 1. The molecule has 0 saturated carbocycles. The predicted octanol–water partition coefficient (Wildman–Crippen LogP) is 6.11. The summed E-state index contributed by atoms with van der Waals surface area (Å²) in [4.78, 5) is 22.6. The Bertz CT molecular complexity index is 1760. The minimum absolute atomic E-state index is 0.0277. The molecule has 4 rings (SSSR count). The lowest BCUT2D eigenvalue weighted by Gasteiger charge is -2.16. The van der Waals surface area contributed by atoms with Gasteiger partial charge in [0.15, 0.2) is 5.78 Å². The molecule has 0 unspecified atom stereocenters. The minimum atomic E-state index is -2.30. The SMILES string of the molecule is [2H]C([2H])(C)Oc1cc2ncc(C#N)c(Nc3ccc(OCc4ccccn4)c(Cl)c3)c2cc1CC(=O)/C=C/CN(C)C([2H])([2H])[2H]. The summed E-state index contributed by atoms with van der Waals surface area (Å²) in [6, 6.07) is 15.9. The molecule has 40 heavy (non-hydrogen) atoms. The Morgan fingerprint density at radius 2 is 2.10 bits per heavy atom. The third-order valence-electron chi connectivity index (χ3n) is 5.73. The number of nitrogens with zero attached hydrogens (tertiary/aromatic N) is 4. The number of pyridine rings is 2. The fourth-order valence-corrected chi connectivity index (χ4v) is 4.13. The van der Waals surface area contributed by atoms with Crippen molar-refractivity contribution in [3.05, 3.63) is 94.9 Å². The van der Waals surface area contributed by atoms with E-state index in [1.54, 1.807) is 30.5 Å². The number of hydrogen-bond donors (Lipinski definition) is 1. The van der Waals surface area contributed by atoms with Gasteiger partial charge in [-0.2, -0.15) is 5.26 Å². The van der Waals surface area contributed by atoms with Gasteiger partial charge in [-0.1, -0.05) is 23.7 Å². The molecule has 0 fully saturated rings. The molecule has 2 heterocycles. The van der Waals surface area contributed by atoms with Crippen molar-refractivity contribution in [2.45, 2.75) is 20.0 Å². The second-order valence-electron chi connectivity index (χ2n) is 8.75. The normalized spacial score (nSPS) is 13.6. The molecule has 204 valence electrons. The number of anilines is 2. The second kappa shape index (κ2) is 13.6. The smallest absolute Gasteiger partial charge is 0.159 e. The van der Waals surface area contributed by atoms with Gasteiger partial charge in [0.2, 0.25) is 0 Å². The third kappa shape index (κ3) is 7.35. The fraction of sp³-hybridized carbons (Fsp3) is 0.226. The fourth-order valence-electron chi connectivity index (χ4n) is 3.89. The van der Waals surface area contributed by atoms with Crippen molar-refractivity contribution < 1.29 is 21.1 Å². The number of nitriles is 1. The van der Waals surface area contributed by atoms with E-state index in [4.69, 9.17) is 27.9 Å². The van der Waals surface area contributed by atoms with Crippen LogP contribution in [-0.2, 0) is 17.8 Å². The summed E-state index contributed by atoms with van der Waals surface area (Å²) in [6.45, 7) is -2.87. The molecular formula is C31H30ClN5O3. The molecule has 2 aromatic carbocycles. The molecule has 0 radical (unpaired) electrons. The van der Waals surface area contributed by atoms with Gasteiger partial charge in [-0.25, -0.2) is 0 Å². The maximum absolute atomic E-state index is 12.9. The molecule has 0 saturated heterocycles. The zero-order chi connectivity index (χ0) is 32.8.